The summed E-state index contributed by atoms with van der Waals surface area (Å²) in [6.45, 7) is -1.45. The van der Waals surface area contributed by atoms with Gasteiger partial charge in [-0.1, -0.05) is 37.1 Å². The Bertz CT molecular complexity index is 1180. The number of thiazole rings is 1. The SMILES string of the molecule is O=C(c1ccccc1OC(F)F)N1CCN(C(=O)C2CCCCC2c2nc3ccccc3s2)CC1. The number of ether oxygens (including phenoxy) is 1. The van der Waals surface area contributed by atoms with Gasteiger partial charge in [-0.05, 0) is 37.1 Å². The first-order chi connectivity index (χ1) is 17.0. The van der Waals surface area contributed by atoms with Gasteiger partial charge >= 0.3 is 6.61 Å². The zero-order valence-electron chi connectivity index (χ0n) is 19.2. The van der Waals surface area contributed by atoms with Crippen LogP contribution in [-0.4, -0.2) is 59.4 Å². The Balaban J connectivity index is 1.26. The van der Waals surface area contributed by atoms with Crippen LogP contribution in [0.4, 0.5) is 8.78 Å². The van der Waals surface area contributed by atoms with Gasteiger partial charge in [-0.25, -0.2) is 4.98 Å². The number of hydrogen-bond donors (Lipinski definition) is 0. The van der Waals surface area contributed by atoms with Crippen molar-refractivity contribution in [1.82, 2.24) is 14.8 Å². The summed E-state index contributed by atoms with van der Waals surface area (Å²) in [5.74, 6) is -0.355. The number of para-hydroxylation sites is 2. The molecule has 1 saturated heterocycles. The molecule has 2 fully saturated rings. The fourth-order valence-electron chi connectivity index (χ4n) is 5.15. The lowest BCUT2D eigenvalue weighted by molar-refractivity contribution is -0.138. The Morgan fingerprint density at radius 2 is 1.63 bits per heavy atom. The Kier molecular flexibility index (Phi) is 6.95. The van der Waals surface area contributed by atoms with Crippen LogP contribution < -0.4 is 4.74 Å². The lowest BCUT2D eigenvalue weighted by atomic mass is 9.78. The maximum Gasteiger partial charge on any atom is 0.387 e. The Hall–Kier alpha value is -3.07. The van der Waals surface area contributed by atoms with E-state index in [4.69, 9.17) is 4.98 Å². The van der Waals surface area contributed by atoms with Crippen molar-refractivity contribution in [2.75, 3.05) is 26.2 Å². The zero-order valence-corrected chi connectivity index (χ0v) is 20.1. The number of carbonyl (C=O) groups is 2. The second-order valence-electron chi connectivity index (χ2n) is 9.01. The van der Waals surface area contributed by atoms with Crippen LogP contribution in [0.25, 0.3) is 10.2 Å². The first kappa shape index (κ1) is 23.7. The molecule has 0 radical (unpaired) electrons. The van der Waals surface area contributed by atoms with Gasteiger partial charge in [0.15, 0.2) is 0 Å². The number of carbonyl (C=O) groups excluding carboxylic acids is 2. The van der Waals surface area contributed by atoms with Gasteiger partial charge in [-0.2, -0.15) is 8.78 Å². The van der Waals surface area contributed by atoms with E-state index in [0.29, 0.717) is 26.2 Å². The van der Waals surface area contributed by atoms with E-state index in [1.54, 1.807) is 28.4 Å². The fourth-order valence-corrected chi connectivity index (χ4v) is 6.32. The number of nitrogens with zero attached hydrogens (tertiary/aromatic N) is 3. The highest BCUT2D eigenvalue weighted by Gasteiger charge is 2.37. The van der Waals surface area contributed by atoms with Gasteiger partial charge in [0.25, 0.3) is 5.91 Å². The van der Waals surface area contributed by atoms with Gasteiger partial charge in [0.1, 0.15) is 5.75 Å². The summed E-state index contributed by atoms with van der Waals surface area (Å²) in [6, 6.07) is 14.1. The topological polar surface area (TPSA) is 62.7 Å². The van der Waals surface area contributed by atoms with Crippen molar-refractivity contribution < 1.29 is 23.1 Å². The van der Waals surface area contributed by atoms with E-state index in [9.17, 15) is 18.4 Å². The highest BCUT2D eigenvalue weighted by atomic mass is 32.1. The molecule has 2 atom stereocenters. The molecule has 3 aromatic rings. The van der Waals surface area contributed by atoms with Crippen LogP contribution in [0.2, 0.25) is 0 Å². The Morgan fingerprint density at radius 3 is 2.40 bits per heavy atom. The smallest absolute Gasteiger partial charge is 0.387 e. The summed E-state index contributed by atoms with van der Waals surface area (Å²) >= 11 is 1.68. The van der Waals surface area contributed by atoms with Crippen molar-refractivity contribution >= 4 is 33.4 Å². The molecular formula is C26H27F2N3O3S. The van der Waals surface area contributed by atoms with E-state index in [1.807, 2.05) is 23.1 Å². The third-order valence-electron chi connectivity index (χ3n) is 6.92. The molecule has 6 nitrogen and oxygen atoms in total. The van der Waals surface area contributed by atoms with Crippen LogP contribution in [0, 0.1) is 5.92 Å². The van der Waals surface area contributed by atoms with Crippen LogP contribution in [0.15, 0.2) is 48.5 Å². The summed E-state index contributed by atoms with van der Waals surface area (Å²) in [5, 5.41) is 1.04. The molecule has 1 saturated carbocycles. The maximum absolute atomic E-state index is 13.6. The van der Waals surface area contributed by atoms with E-state index in [-0.39, 0.29) is 35.0 Å². The van der Waals surface area contributed by atoms with Crippen LogP contribution in [-0.2, 0) is 4.79 Å². The number of rotatable bonds is 5. The molecule has 0 bridgehead atoms. The van der Waals surface area contributed by atoms with Gasteiger partial charge in [0, 0.05) is 38.0 Å². The van der Waals surface area contributed by atoms with E-state index < -0.39 is 6.61 Å². The highest BCUT2D eigenvalue weighted by molar-refractivity contribution is 7.18. The minimum Gasteiger partial charge on any atom is -0.434 e. The van der Waals surface area contributed by atoms with Crippen molar-refractivity contribution in [3.8, 4) is 5.75 Å². The van der Waals surface area contributed by atoms with Crippen LogP contribution >= 0.6 is 11.3 Å². The molecule has 9 heteroatoms. The number of halogens is 2. The molecule has 1 aromatic heterocycles. The first-order valence-corrected chi connectivity index (χ1v) is 12.8. The molecular weight excluding hydrogens is 472 g/mol. The van der Waals surface area contributed by atoms with Gasteiger partial charge in [-0.15, -0.1) is 11.3 Å². The summed E-state index contributed by atoms with van der Waals surface area (Å²) in [6.07, 6.45) is 3.91. The summed E-state index contributed by atoms with van der Waals surface area (Å²) in [4.78, 5) is 34.9. The predicted octanol–water partition coefficient (Wildman–Crippen LogP) is 5.16. The molecule has 1 aliphatic heterocycles. The van der Waals surface area contributed by atoms with Gasteiger partial charge in [0.05, 0.1) is 20.8 Å². The Labute approximate surface area is 206 Å². The number of fused-ring (bicyclic) bond motifs is 1. The fraction of sp³-hybridized carbons (Fsp3) is 0.423. The minimum absolute atomic E-state index is 0.105. The van der Waals surface area contributed by atoms with Crippen molar-refractivity contribution in [2.45, 2.75) is 38.2 Å². The number of hydrogen-bond acceptors (Lipinski definition) is 5. The largest absolute Gasteiger partial charge is 0.434 e. The average molecular weight is 500 g/mol. The summed E-state index contributed by atoms with van der Waals surface area (Å²) in [5.41, 5.74) is 1.09. The van der Waals surface area contributed by atoms with Crippen molar-refractivity contribution in [1.29, 1.82) is 0 Å². The molecule has 0 N–H and O–H groups in total. The molecule has 0 spiro atoms. The number of piperazine rings is 1. The molecule has 2 unspecified atom stereocenters. The zero-order chi connectivity index (χ0) is 24.4. The number of benzene rings is 2. The number of aromatic nitrogens is 1. The standard InChI is InChI=1S/C26H27F2N3O3S/c27-26(28)34-21-11-5-3-9-19(21)25(33)31-15-13-30(14-16-31)24(32)18-8-2-1-7-17(18)23-29-20-10-4-6-12-22(20)35-23/h3-6,9-12,17-18,26H,1-2,7-8,13-16H2. The monoisotopic (exact) mass is 499 g/mol. The van der Waals surface area contributed by atoms with E-state index >= 15 is 0 Å². The van der Waals surface area contributed by atoms with Gasteiger partial charge in [-0.3, -0.25) is 9.59 Å². The minimum atomic E-state index is -3.00. The van der Waals surface area contributed by atoms with Gasteiger partial charge in [0.2, 0.25) is 5.91 Å². The predicted molar refractivity (Wildman–Crippen MR) is 130 cm³/mol. The van der Waals surface area contributed by atoms with E-state index in [2.05, 4.69) is 10.8 Å². The number of amides is 2. The van der Waals surface area contributed by atoms with Crippen LogP contribution in [0.1, 0.15) is 47.0 Å². The van der Waals surface area contributed by atoms with Crippen LogP contribution in [0.3, 0.4) is 0 Å². The average Bonchev–Trinajstić information content (AvgIpc) is 3.32. The molecule has 1 aliphatic carbocycles. The molecule has 2 heterocycles. The third-order valence-corrected chi connectivity index (χ3v) is 8.09. The summed E-state index contributed by atoms with van der Waals surface area (Å²) < 4.78 is 31.1. The van der Waals surface area contributed by atoms with E-state index in [1.165, 1.54) is 12.1 Å². The first-order valence-electron chi connectivity index (χ1n) is 12.0. The normalized spacial score (nSPS) is 20.9. The lowest BCUT2D eigenvalue weighted by Crippen LogP contribution is -2.52. The van der Waals surface area contributed by atoms with Crippen molar-refractivity contribution in [3.05, 3.63) is 59.1 Å². The Morgan fingerprint density at radius 1 is 0.943 bits per heavy atom. The highest BCUT2D eigenvalue weighted by Crippen LogP contribution is 2.41. The second kappa shape index (κ2) is 10.3. The lowest BCUT2D eigenvalue weighted by Gasteiger charge is -2.39. The molecule has 5 rings (SSSR count). The second-order valence-corrected chi connectivity index (χ2v) is 10.1. The molecule has 2 aromatic carbocycles. The van der Waals surface area contributed by atoms with E-state index in [0.717, 1.165) is 40.9 Å². The van der Waals surface area contributed by atoms with Gasteiger partial charge < -0.3 is 14.5 Å². The molecule has 35 heavy (non-hydrogen) atoms. The third kappa shape index (κ3) is 5.00. The van der Waals surface area contributed by atoms with Crippen molar-refractivity contribution in [2.24, 2.45) is 5.92 Å². The quantitative estimate of drug-likeness (QED) is 0.487. The molecule has 2 aliphatic rings. The molecule has 2 amide bonds. The summed E-state index contributed by atoms with van der Waals surface area (Å²) in [7, 11) is 0. The van der Waals surface area contributed by atoms with Crippen LogP contribution in [0.5, 0.6) is 5.75 Å². The molecule has 184 valence electrons. The van der Waals surface area contributed by atoms with Crippen molar-refractivity contribution in [3.63, 3.8) is 0 Å². The maximum atomic E-state index is 13.6. The number of alkyl halides is 2.